The van der Waals surface area contributed by atoms with Gasteiger partial charge in [0.25, 0.3) is 0 Å². The van der Waals surface area contributed by atoms with Gasteiger partial charge in [0, 0.05) is 32.5 Å². The molecular formula is C20H27N3O4S. The van der Waals surface area contributed by atoms with Crippen LogP contribution in [0, 0.1) is 5.92 Å². The molecule has 1 aromatic heterocycles. The highest BCUT2D eigenvalue weighted by Gasteiger charge is 2.25. The van der Waals surface area contributed by atoms with Gasteiger partial charge in [0.15, 0.2) is 9.84 Å². The number of carbonyl (C=O) groups is 1. The first-order chi connectivity index (χ1) is 13.3. The van der Waals surface area contributed by atoms with Crippen molar-refractivity contribution in [2.75, 3.05) is 18.8 Å². The Hall–Kier alpha value is -2.35. The lowest BCUT2D eigenvalue weighted by molar-refractivity contribution is -0.130. The molecule has 0 unspecified atom stereocenters. The lowest BCUT2D eigenvalue weighted by atomic mass is 10.0. The Labute approximate surface area is 166 Å². The third kappa shape index (κ3) is 5.58. The van der Waals surface area contributed by atoms with Gasteiger partial charge in [-0.05, 0) is 36.5 Å². The Balaban J connectivity index is 1.53. The van der Waals surface area contributed by atoms with Crippen LogP contribution in [-0.2, 0) is 34.0 Å². The Morgan fingerprint density at radius 2 is 2.04 bits per heavy atom. The van der Waals surface area contributed by atoms with E-state index in [-0.39, 0.29) is 11.7 Å². The van der Waals surface area contributed by atoms with Crippen molar-refractivity contribution in [3.8, 4) is 5.75 Å². The molecule has 0 N–H and O–H groups in total. The summed E-state index contributed by atoms with van der Waals surface area (Å²) in [6.07, 6.45) is 5.58. The predicted molar refractivity (Wildman–Crippen MR) is 106 cm³/mol. The summed E-state index contributed by atoms with van der Waals surface area (Å²) < 4.78 is 32.4. The maximum Gasteiger partial charge on any atom is 0.237 e. The third-order valence-corrected chi connectivity index (χ3v) is 6.41. The highest BCUT2D eigenvalue weighted by molar-refractivity contribution is 7.91. The number of piperidine rings is 1. The van der Waals surface area contributed by atoms with Crippen molar-refractivity contribution in [3.05, 3.63) is 48.0 Å². The van der Waals surface area contributed by atoms with Crippen LogP contribution in [0.15, 0.2) is 36.7 Å². The summed E-state index contributed by atoms with van der Waals surface area (Å²) in [5.74, 6) is 0.999. The van der Waals surface area contributed by atoms with Gasteiger partial charge in [-0.25, -0.2) is 13.4 Å². The fourth-order valence-corrected chi connectivity index (χ4v) is 4.73. The van der Waals surface area contributed by atoms with Crippen molar-refractivity contribution in [3.63, 3.8) is 0 Å². The standard InChI is InChI=1S/C20H27N3O4S/c1-16-4-3-10-23(12-16)20(24)15-28(25,26)14-17-5-7-18(8-6-17)27-13-19-21-9-11-22(19)2/h5-9,11,16H,3-4,10,12-15H2,1-2H3/t16-/m0/s1. The number of hydrogen-bond acceptors (Lipinski definition) is 5. The molecule has 0 radical (unpaired) electrons. The van der Waals surface area contributed by atoms with Gasteiger partial charge in [-0.2, -0.15) is 0 Å². The van der Waals surface area contributed by atoms with Crippen LogP contribution in [0.3, 0.4) is 0 Å². The fourth-order valence-electron chi connectivity index (χ4n) is 3.37. The van der Waals surface area contributed by atoms with E-state index in [4.69, 9.17) is 4.74 Å². The number of benzene rings is 1. The third-order valence-electron chi connectivity index (χ3n) is 4.95. The first-order valence-corrected chi connectivity index (χ1v) is 11.3. The zero-order valence-electron chi connectivity index (χ0n) is 16.4. The number of carbonyl (C=O) groups excluding carboxylic acids is 1. The first-order valence-electron chi connectivity index (χ1n) is 9.48. The van der Waals surface area contributed by atoms with Crippen LogP contribution in [0.5, 0.6) is 5.75 Å². The van der Waals surface area contributed by atoms with Crippen LogP contribution in [0.4, 0.5) is 0 Å². The van der Waals surface area contributed by atoms with E-state index in [1.54, 1.807) is 35.4 Å². The summed E-state index contributed by atoms with van der Waals surface area (Å²) in [6, 6.07) is 6.92. The Morgan fingerprint density at radius 1 is 1.29 bits per heavy atom. The topological polar surface area (TPSA) is 81.5 Å². The molecule has 152 valence electrons. The molecule has 28 heavy (non-hydrogen) atoms. The summed E-state index contributed by atoms with van der Waals surface area (Å²) in [5.41, 5.74) is 0.643. The van der Waals surface area contributed by atoms with E-state index in [0.29, 0.717) is 36.9 Å². The molecular weight excluding hydrogens is 378 g/mol. The fraction of sp³-hybridized carbons (Fsp3) is 0.500. The smallest absolute Gasteiger partial charge is 0.237 e. The molecule has 7 nitrogen and oxygen atoms in total. The Bertz CT molecular complexity index is 906. The molecule has 1 aliphatic heterocycles. The SMILES string of the molecule is C[C@H]1CCCN(C(=O)CS(=O)(=O)Cc2ccc(OCc3nccn3C)cc2)C1. The van der Waals surface area contributed by atoms with Crippen LogP contribution in [0.25, 0.3) is 0 Å². The van der Waals surface area contributed by atoms with Gasteiger partial charge in [-0.15, -0.1) is 0 Å². The second-order valence-corrected chi connectivity index (χ2v) is 9.57. The molecule has 0 saturated carbocycles. The summed E-state index contributed by atoms with van der Waals surface area (Å²) in [6.45, 7) is 3.73. The molecule has 2 heterocycles. The van der Waals surface area contributed by atoms with Crippen LogP contribution in [0.1, 0.15) is 31.2 Å². The highest BCUT2D eigenvalue weighted by Crippen LogP contribution is 2.18. The number of likely N-dealkylation sites (tertiary alicyclic amines) is 1. The number of rotatable bonds is 7. The molecule has 8 heteroatoms. The van der Waals surface area contributed by atoms with Gasteiger partial charge >= 0.3 is 0 Å². The second kappa shape index (κ2) is 8.77. The number of nitrogens with zero attached hydrogens (tertiary/aromatic N) is 3. The van der Waals surface area contributed by atoms with Crippen molar-refractivity contribution in [2.24, 2.45) is 13.0 Å². The van der Waals surface area contributed by atoms with Gasteiger partial charge in [0.2, 0.25) is 5.91 Å². The molecule has 1 aromatic carbocycles. The summed E-state index contributed by atoms with van der Waals surface area (Å²) in [4.78, 5) is 18.2. The average Bonchev–Trinajstić information content (AvgIpc) is 3.05. The zero-order valence-corrected chi connectivity index (χ0v) is 17.2. The minimum Gasteiger partial charge on any atom is -0.486 e. The number of imidazole rings is 1. The average molecular weight is 406 g/mol. The molecule has 1 aliphatic rings. The van der Waals surface area contributed by atoms with Crippen molar-refractivity contribution >= 4 is 15.7 Å². The highest BCUT2D eigenvalue weighted by atomic mass is 32.2. The number of hydrogen-bond donors (Lipinski definition) is 0. The Kier molecular flexibility index (Phi) is 6.39. The molecule has 1 fully saturated rings. The molecule has 0 aliphatic carbocycles. The van der Waals surface area contributed by atoms with Crippen molar-refractivity contribution < 1.29 is 17.9 Å². The van der Waals surface area contributed by atoms with Crippen molar-refractivity contribution in [1.82, 2.24) is 14.5 Å². The van der Waals surface area contributed by atoms with Gasteiger partial charge in [0.1, 0.15) is 23.9 Å². The van der Waals surface area contributed by atoms with Gasteiger partial charge in [-0.1, -0.05) is 19.1 Å². The summed E-state index contributed by atoms with van der Waals surface area (Å²) in [7, 11) is -1.62. The van der Waals surface area contributed by atoms with E-state index in [1.807, 2.05) is 17.8 Å². The molecule has 2 aromatic rings. The van der Waals surface area contributed by atoms with Crippen molar-refractivity contribution in [2.45, 2.75) is 32.1 Å². The van der Waals surface area contributed by atoms with E-state index in [1.165, 1.54) is 0 Å². The summed E-state index contributed by atoms with van der Waals surface area (Å²) in [5, 5.41) is 0. The Morgan fingerprint density at radius 3 is 2.68 bits per heavy atom. The monoisotopic (exact) mass is 405 g/mol. The van der Waals surface area contributed by atoms with E-state index < -0.39 is 15.6 Å². The molecule has 0 bridgehead atoms. The van der Waals surface area contributed by atoms with Crippen LogP contribution < -0.4 is 4.74 Å². The quantitative estimate of drug-likeness (QED) is 0.705. The van der Waals surface area contributed by atoms with Crippen LogP contribution in [0.2, 0.25) is 0 Å². The molecule has 1 saturated heterocycles. The van der Waals surface area contributed by atoms with Gasteiger partial charge in [-0.3, -0.25) is 4.79 Å². The maximum absolute atomic E-state index is 12.4. The van der Waals surface area contributed by atoms with E-state index in [2.05, 4.69) is 11.9 Å². The van der Waals surface area contributed by atoms with E-state index >= 15 is 0 Å². The zero-order chi connectivity index (χ0) is 20.1. The lowest BCUT2D eigenvalue weighted by Gasteiger charge is -2.30. The summed E-state index contributed by atoms with van der Waals surface area (Å²) >= 11 is 0. The normalized spacial score (nSPS) is 17.5. The van der Waals surface area contributed by atoms with E-state index in [0.717, 1.165) is 18.7 Å². The predicted octanol–water partition coefficient (Wildman–Crippen LogP) is 2.17. The lowest BCUT2D eigenvalue weighted by Crippen LogP contribution is -2.42. The second-order valence-electron chi connectivity index (χ2n) is 7.51. The molecule has 0 spiro atoms. The minimum absolute atomic E-state index is 0.151. The van der Waals surface area contributed by atoms with Gasteiger partial charge in [0.05, 0.1) is 5.75 Å². The number of sulfone groups is 1. The number of aromatic nitrogens is 2. The number of aryl methyl sites for hydroxylation is 1. The minimum atomic E-state index is -3.51. The van der Waals surface area contributed by atoms with Crippen molar-refractivity contribution in [1.29, 1.82) is 0 Å². The molecule has 1 amide bonds. The van der Waals surface area contributed by atoms with Crippen LogP contribution in [-0.4, -0.2) is 47.6 Å². The van der Waals surface area contributed by atoms with Gasteiger partial charge < -0.3 is 14.2 Å². The maximum atomic E-state index is 12.4. The van der Waals surface area contributed by atoms with E-state index in [9.17, 15) is 13.2 Å². The molecule has 3 rings (SSSR count). The number of ether oxygens (including phenoxy) is 1. The number of amides is 1. The van der Waals surface area contributed by atoms with Crippen LogP contribution >= 0.6 is 0 Å². The molecule has 1 atom stereocenters. The largest absolute Gasteiger partial charge is 0.486 e. The first kappa shape index (κ1) is 20.4.